The molecule has 0 aliphatic carbocycles. The van der Waals surface area contributed by atoms with Gasteiger partial charge in [-0.15, -0.1) is 0 Å². The number of hydrogen-bond acceptors (Lipinski definition) is 3. The fourth-order valence-electron chi connectivity index (χ4n) is 2.78. The maximum atomic E-state index is 12.7. The number of nitrogens with zero attached hydrogens (tertiary/aromatic N) is 1. The van der Waals surface area contributed by atoms with E-state index in [1.165, 1.54) is 0 Å². The van der Waals surface area contributed by atoms with Crippen LogP contribution in [0.4, 0.5) is 0 Å². The van der Waals surface area contributed by atoms with Gasteiger partial charge in [-0.3, -0.25) is 9.59 Å². The Morgan fingerprint density at radius 1 is 1.20 bits per heavy atom. The van der Waals surface area contributed by atoms with Crippen LogP contribution in [0.2, 0.25) is 10.0 Å². The summed E-state index contributed by atoms with van der Waals surface area (Å²) in [5.74, 6) is 0.00446. The molecular formula is C18H24Cl2N2O3. The van der Waals surface area contributed by atoms with Gasteiger partial charge in [-0.2, -0.15) is 0 Å². The van der Waals surface area contributed by atoms with Gasteiger partial charge in [0, 0.05) is 18.1 Å². The van der Waals surface area contributed by atoms with Gasteiger partial charge in [-0.25, -0.2) is 0 Å². The van der Waals surface area contributed by atoms with E-state index in [-0.39, 0.29) is 24.3 Å². The normalized spacial score (nSPS) is 15.8. The van der Waals surface area contributed by atoms with E-state index in [0.29, 0.717) is 15.8 Å². The Morgan fingerprint density at radius 2 is 1.88 bits per heavy atom. The predicted octanol–water partition coefficient (Wildman–Crippen LogP) is 3.53. The van der Waals surface area contributed by atoms with Crippen molar-refractivity contribution in [2.75, 3.05) is 19.7 Å². The number of amides is 2. The minimum absolute atomic E-state index is 0.00232. The molecule has 0 bridgehead atoms. The van der Waals surface area contributed by atoms with Crippen molar-refractivity contribution >= 4 is 35.0 Å². The average Bonchev–Trinajstić information content (AvgIpc) is 2.59. The minimum Gasteiger partial charge on any atom is -0.482 e. The number of piperidine rings is 1. The van der Waals surface area contributed by atoms with Crippen LogP contribution in [0.1, 0.15) is 33.1 Å². The van der Waals surface area contributed by atoms with Crippen LogP contribution < -0.4 is 10.1 Å². The molecule has 5 nitrogen and oxygen atoms in total. The fraction of sp³-hybridized carbons (Fsp3) is 0.556. The van der Waals surface area contributed by atoms with E-state index in [4.69, 9.17) is 27.9 Å². The van der Waals surface area contributed by atoms with Crippen molar-refractivity contribution in [2.45, 2.75) is 39.2 Å². The third-order valence-corrected chi connectivity index (χ3v) is 4.70. The summed E-state index contributed by atoms with van der Waals surface area (Å²) in [4.78, 5) is 26.7. The third kappa shape index (κ3) is 5.79. The highest BCUT2D eigenvalue weighted by molar-refractivity contribution is 6.35. The van der Waals surface area contributed by atoms with Crippen LogP contribution in [-0.2, 0) is 9.59 Å². The van der Waals surface area contributed by atoms with Crippen LogP contribution in [-0.4, -0.2) is 42.5 Å². The van der Waals surface area contributed by atoms with Crippen LogP contribution in [0.5, 0.6) is 5.75 Å². The van der Waals surface area contributed by atoms with Crippen LogP contribution in [0.15, 0.2) is 18.2 Å². The number of carbonyl (C=O) groups is 2. The molecule has 25 heavy (non-hydrogen) atoms. The standard InChI is InChI=1S/C18H24Cl2N2O3/c1-12(2)17(18(24)22-8-4-3-5-9-22)21-16(23)11-25-15-7-6-13(19)10-14(15)20/h6-7,10,12,17H,3-5,8-9,11H2,1-2H3,(H,21,23)/t17-/m0/s1. The van der Waals surface area contributed by atoms with Gasteiger partial charge in [0.15, 0.2) is 6.61 Å². The Kier molecular flexibility index (Phi) is 7.38. The lowest BCUT2D eigenvalue weighted by atomic mass is 10.0. The number of ether oxygens (including phenoxy) is 1. The molecule has 1 aliphatic rings. The molecule has 1 aliphatic heterocycles. The van der Waals surface area contributed by atoms with Gasteiger partial charge >= 0.3 is 0 Å². The molecule has 2 amide bonds. The molecule has 0 aromatic heterocycles. The first-order valence-corrected chi connectivity index (χ1v) is 9.30. The average molecular weight is 387 g/mol. The summed E-state index contributed by atoms with van der Waals surface area (Å²) < 4.78 is 5.43. The van der Waals surface area contributed by atoms with Gasteiger partial charge in [0.1, 0.15) is 11.8 Å². The molecule has 1 aromatic carbocycles. The molecule has 1 saturated heterocycles. The highest BCUT2D eigenvalue weighted by atomic mass is 35.5. The van der Waals surface area contributed by atoms with Gasteiger partial charge in [0.25, 0.3) is 5.91 Å². The molecule has 0 saturated carbocycles. The lowest BCUT2D eigenvalue weighted by molar-refractivity contribution is -0.138. The van der Waals surface area contributed by atoms with E-state index >= 15 is 0 Å². The Balaban J connectivity index is 1.92. The summed E-state index contributed by atoms with van der Waals surface area (Å²) in [5.41, 5.74) is 0. The molecule has 1 heterocycles. The van der Waals surface area contributed by atoms with Gasteiger partial charge in [-0.1, -0.05) is 37.0 Å². The zero-order chi connectivity index (χ0) is 18.4. The van der Waals surface area contributed by atoms with E-state index in [2.05, 4.69) is 5.32 Å². The molecule has 0 unspecified atom stereocenters. The molecule has 1 aromatic rings. The van der Waals surface area contributed by atoms with Crippen molar-refractivity contribution in [3.05, 3.63) is 28.2 Å². The lowest BCUT2D eigenvalue weighted by Gasteiger charge is -2.32. The summed E-state index contributed by atoms with van der Waals surface area (Å²) in [6.45, 7) is 5.15. The third-order valence-electron chi connectivity index (χ3n) is 4.17. The smallest absolute Gasteiger partial charge is 0.258 e. The zero-order valence-corrected chi connectivity index (χ0v) is 16.1. The van der Waals surface area contributed by atoms with Crippen molar-refractivity contribution in [3.63, 3.8) is 0 Å². The van der Waals surface area contributed by atoms with Gasteiger partial charge < -0.3 is 15.0 Å². The molecule has 1 N–H and O–H groups in total. The molecule has 1 fully saturated rings. The Hall–Kier alpha value is -1.46. The summed E-state index contributed by atoms with van der Waals surface area (Å²) in [5, 5.41) is 3.62. The van der Waals surface area contributed by atoms with E-state index in [9.17, 15) is 9.59 Å². The second-order valence-electron chi connectivity index (χ2n) is 6.54. The number of benzene rings is 1. The first-order valence-electron chi connectivity index (χ1n) is 8.54. The molecule has 138 valence electrons. The van der Waals surface area contributed by atoms with Crippen molar-refractivity contribution < 1.29 is 14.3 Å². The Morgan fingerprint density at radius 3 is 2.48 bits per heavy atom. The second-order valence-corrected chi connectivity index (χ2v) is 7.38. The zero-order valence-electron chi connectivity index (χ0n) is 14.6. The predicted molar refractivity (Wildman–Crippen MR) is 99.2 cm³/mol. The van der Waals surface area contributed by atoms with Crippen LogP contribution in [0, 0.1) is 5.92 Å². The van der Waals surface area contributed by atoms with Crippen LogP contribution >= 0.6 is 23.2 Å². The quantitative estimate of drug-likeness (QED) is 0.813. The van der Waals surface area contributed by atoms with Crippen molar-refractivity contribution in [2.24, 2.45) is 5.92 Å². The summed E-state index contributed by atoms with van der Waals surface area (Å²) in [6.07, 6.45) is 3.18. The topological polar surface area (TPSA) is 58.6 Å². The molecule has 0 radical (unpaired) electrons. The Labute approximate surface area is 158 Å². The molecule has 0 spiro atoms. The number of nitrogens with one attached hydrogen (secondary N) is 1. The molecular weight excluding hydrogens is 363 g/mol. The summed E-state index contributed by atoms with van der Waals surface area (Å²) >= 11 is 11.8. The number of rotatable bonds is 6. The molecule has 7 heteroatoms. The van der Waals surface area contributed by atoms with Gasteiger partial charge in [0.05, 0.1) is 5.02 Å². The number of likely N-dealkylation sites (tertiary alicyclic amines) is 1. The number of halogens is 2. The molecule has 2 rings (SSSR count). The minimum atomic E-state index is -0.546. The highest BCUT2D eigenvalue weighted by Gasteiger charge is 2.29. The Bertz CT molecular complexity index is 616. The highest BCUT2D eigenvalue weighted by Crippen LogP contribution is 2.27. The van der Waals surface area contributed by atoms with Crippen LogP contribution in [0.3, 0.4) is 0 Å². The van der Waals surface area contributed by atoms with E-state index in [1.54, 1.807) is 18.2 Å². The number of hydrogen-bond donors (Lipinski definition) is 1. The van der Waals surface area contributed by atoms with E-state index in [0.717, 1.165) is 32.4 Å². The largest absolute Gasteiger partial charge is 0.482 e. The fourth-order valence-corrected chi connectivity index (χ4v) is 3.24. The van der Waals surface area contributed by atoms with Gasteiger partial charge in [-0.05, 0) is 43.4 Å². The van der Waals surface area contributed by atoms with Gasteiger partial charge in [0.2, 0.25) is 5.91 Å². The van der Waals surface area contributed by atoms with E-state index < -0.39 is 6.04 Å². The lowest BCUT2D eigenvalue weighted by Crippen LogP contribution is -2.53. The van der Waals surface area contributed by atoms with Crippen molar-refractivity contribution in [3.8, 4) is 5.75 Å². The van der Waals surface area contributed by atoms with E-state index in [1.807, 2.05) is 18.7 Å². The SMILES string of the molecule is CC(C)[C@H](NC(=O)COc1ccc(Cl)cc1Cl)C(=O)N1CCCCC1. The van der Waals surface area contributed by atoms with Crippen molar-refractivity contribution in [1.82, 2.24) is 10.2 Å². The summed E-state index contributed by atoms with van der Waals surface area (Å²) in [6, 6.07) is 4.25. The van der Waals surface area contributed by atoms with Crippen LogP contribution in [0.25, 0.3) is 0 Å². The maximum absolute atomic E-state index is 12.7. The maximum Gasteiger partial charge on any atom is 0.258 e. The first-order chi connectivity index (χ1) is 11.9. The van der Waals surface area contributed by atoms with Crippen molar-refractivity contribution in [1.29, 1.82) is 0 Å². The first kappa shape index (κ1) is 19.9. The number of carbonyl (C=O) groups excluding carboxylic acids is 2. The summed E-state index contributed by atoms with van der Waals surface area (Å²) in [7, 11) is 0. The molecule has 1 atom stereocenters. The second kappa shape index (κ2) is 9.30. The monoisotopic (exact) mass is 386 g/mol.